The van der Waals surface area contributed by atoms with Crippen LogP contribution < -0.4 is 20.8 Å². The van der Waals surface area contributed by atoms with Gasteiger partial charge in [-0.1, -0.05) is 12.1 Å². The van der Waals surface area contributed by atoms with Crippen LogP contribution in [-0.4, -0.2) is 42.8 Å². The number of fused-ring (bicyclic) bond motifs is 1. The average molecular weight is 390 g/mol. The molecule has 1 aromatic heterocycles. The van der Waals surface area contributed by atoms with Crippen LogP contribution >= 0.6 is 0 Å². The standard InChI is InChI=1S/C21H22N6O2/c1-13(26-27-21-22-9-10-23-21)14-3-5-16(6-4-14)24-20(28)19-12-15-11-17(29-2)7-8-18(15)25-19/h3-8,11-12,25H,9-10H2,1-2H3,(H,24,28)(H2,22,23,27)/b26-13+. The molecule has 4 N–H and O–H groups in total. The fourth-order valence-corrected chi connectivity index (χ4v) is 3.03. The number of aromatic nitrogens is 1. The van der Waals surface area contributed by atoms with Crippen molar-refractivity contribution in [3.8, 4) is 5.75 Å². The number of hydrogen-bond acceptors (Lipinski definition) is 6. The molecule has 2 aromatic carbocycles. The maximum Gasteiger partial charge on any atom is 0.272 e. The Morgan fingerprint density at radius 2 is 2.00 bits per heavy atom. The number of aliphatic imine (C=N–C) groups is 1. The number of nitrogens with zero attached hydrogens (tertiary/aromatic N) is 2. The number of guanidine groups is 1. The Hall–Kier alpha value is -3.81. The molecule has 8 nitrogen and oxygen atoms in total. The van der Waals surface area contributed by atoms with Crippen LogP contribution in [0.3, 0.4) is 0 Å². The average Bonchev–Trinajstić information content (AvgIpc) is 3.41. The first-order chi connectivity index (χ1) is 14.1. The number of aromatic amines is 1. The highest BCUT2D eigenvalue weighted by Gasteiger charge is 2.11. The lowest BCUT2D eigenvalue weighted by Crippen LogP contribution is -2.30. The van der Waals surface area contributed by atoms with Crippen molar-refractivity contribution in [1.82, 2.24) is 15.7 Å². The molecule has 0 bridgehead atoms. The van der Waals surface area contributed by atoms with E-state index in [1.54, 1.807) is 7.11 Å². The molecule has 29 heavy (non-hydrogen) atoms. The van der Waals surface area contributed by atoms with Crippen molar-refractivity contribution >= 4 is 34.2 Å². The Labute approximate surface area is 168 Å². The number of rotatable bonds is 5. The molecule has 0 spiro atoms. The van der Waals surface area contributed by atoms with Crippen LogP contribution in [0.4, 0.5) is 5.69 Å². The topological polar surface area (TPSA) is 103 Å². The normalized spacial score (nSPS) is 13.7. The minimum absolute atomic E-state index is 0.203. The lowest BCUT2D eigenvalue weighted by Gasteiger charge is -2.06. The van der Waals surface area contributed by atoms with E-state index in [1.165, 1.54) is 0 Å². The number of hydrogen-bond donors (Lipinski definition) is 4. The van der Waals surface area contributed by atoms with Gasteiger partial charge in [-0.2, -0.15) is 5.10 Å². The Morgan fingerprint density at radius 3 is 2.72 bits per heavy atom. The molecule has 8 heteroatoms. The van der Waals surface area contributed by atoms with Gasteiger partial charge in [-0.15, -0.1) is 0 Å². The van der Waals surface area contributed by atoms with E-state index in [0.717, 1.165) is 41.0 Å². The second-order valence-electron chi connectivity index (χ2n) is 6.63. The highest BCUT2D eigenvalue weighted by Crippen LogP contribution is 2.22. The largest absolute Gasteiger partial charge is 0.497 e. The van der Waals surface area contributed by atoms with E-state index < -0.39 is 0 Å². The zero-order chi connectivity index (χ0) is 20.2. The molecular weight excluding hydrogens is 368 g/mol. The van der Waals surface area contributed by atoms with E-state index in [2.05, 4.69) is 31.1 Å². The summed E-state index contributed by atoms with van der Waals surface area (Å²) in [4.78, 5) is 19.9. The molecule has 0 unspecified atom stereocenters. The molecule has 0 radical (unpaired) electrons. The van der Waals surface area contributed by atoms with Gasteiger partial charge in [0, 0.05) is 23.1 Å². The molecule has 1 aliphatic rings. The summed E-state index contributed by atoms with van der Waals surface area (Å²) < 4.78 is 5.23. The number of carbonyl (C=O) groups excluding carboxylic acids is 1. The van der Waals surface area contributed by atoms with Crippen molar-refractivity contribution < 1.29 is 9.53 Å². The minimum atomic E-state index is -0.203. The van der Waals surface area contributed by atoms with E-state index in [4.69, 9.17) is 4.74 Å². The number of anilines is 1. The quantitative estimate of drug-likeness (QED) is 0.397. The summed E-state index contributed by atoms with van der Waals surface area (Å²) in [6.07, 6.45) is 0. The maximum absolute atomic E-state index is 12.6. The van der Waals surface area contributed by atoms with E-state index in [1.807, 2.05) is 55.5 Å². The van der Waals surface area contributed by atoms with Crippen molar-refractivity contribution in [3.63, 3.8) is 0 Å². The van der Waals surface area contributed by atoms with Crippen LogP contribution in [0.2, 0.25) is 0 Å². The number of carbonyl (C=O) groups is 1. The summed E-state index contributed by atoms with van der Waals surface area (Å²) >= 11 is 0. The zero-order valence-electron chi connectivity index (χ0n) is 16.2. The number of amides is 1. The van der Waals surface area contributed by atoms with Gasteiger partial charge in [0.2, 0.25) is 5.96 Å². The third-order valence-electron chi connectivity index (χ3n) is 4.64. The number of hydrazone groups is 1. The van der Waals surface area contributed by atoms with Crippen molar-refractivity contribution in [2.45, 2.75) is 6.92 Å². The predicted molar refractivity (Wildman–Crippen MR) is 115 cm³/mol. The lowest BCUT2D eigenvalue weighted by atomic mass is 10.1. The molecule has 0 aliphatic carbocycles. The Balaban J connectivity index is 1.42. The second kappa shape index (κ2) is 8.05. The van der Waals surface area contributed by atoms with E-state index in [0.29, 0.717) is 17.3 Å². The third kappa shape index (κ3) is 4.21. The number of nitrogens with one attached hydrogen (secondary N) is 4. The predicted octanol–water partition coefficient (Wildman–Crippen LogP) is 2.70. The van der Waals surface area contributed by atoms with Gasteiger partial charge in [-0.25, -0.2) is 10.4 Å². The highest BCUT2D eigenvalue weighted by molar-refractivity contribution is 6.06. The van der Waals surface area contributed by atoms with Crippen molar-refractivity contribution in [2.24, 2.45) is 10.1 Å². The maximum atomic E-state index is 12.6. The third-order valence-corrected chi connectivity index (χ3v) is 4.64. The summed E-state index contributed by atoms with van der Waals surface area (Å²) in [7, 11) is 1.62. The van der Waals surface area contributed by atoms with Gasteiger partial charge in [-0.3, -0.25) is 4.79 Å². The molecule has 0 saturated heterocycles. The Morgan fingerprint density at radius 1 is 1.17 bits per heavy atom. The fraction of sp³-hybridized carbons (Fsp3) is 0.190. The molecule has 1 aliphatic heterocycles. The van der Waals surface area contributed by atoms with Crippen molar-refractivity contribution in [3.05, 3.63) is 59.8 Å². The zero-order valence-corrected chi connectivity index (χ0v) is 16.2. The summed E-state index contributed by atoms with van der Waals surface area (Å²) in [6, 6.07) is 15.0. The van der Waals surface area contributed by atoms with Gasteiger partial charge >= 0.3 is 0 Å². The van der Waals surface area contributed by atoms with Gasteiger partial charge in [0.1, 0.15) is 11.4 Å². The number of ether oxygens (including phenoxy) is 1. The number of benzene rings is 2. The van der Waals surface area contributed by atoms with Crippen molar-refractivity contribution in [1.29, 1.82) is 0 Å². The van der Waals surface area contributed by atoms with Crippen LogP contribution in [0, 0.1) is 0 Å². The molecule has 148 valence electrons. The van der Waals surface area contributed by atoms with Gasteiger partial charge in [0.15, 0.2) is 0 Å². The smallest absolute Gasteiger partial charge is 0.272 e. The summed E-state index contributed by atoms with van der Waals surface area (Å²) in [5, 5.41) is 11.3. The Bertz CT molecular complexity index is 1100. The Kier molecular flexibility index (Phi) is 5.15. The lowest BCUT2D eigenvalue weighted by molar-refractivity contribution is 0.102. The fourth-order valence-electron chi connectivity index (χ4n) is 3.03. The number of H-pyrrole nitrogens is 1. The SMILES string of the molecule is COc1ccc2[nH]c(C(=O)Nc3ccc(/C(C)=N/NC4=NCCN4)cc3)cc2c1. The number of methoxy groups -OCH3 is 1. The molecular formula is C21H22N6O2. The monoisotopic (exact) mass is 390 g/mol. The first kappa shape index (κ1) is 18.5. The highest BCUT2D eigenvalue weighted by atomic mass is 16.5. The summed E-state index contributed by atoms with van der Waals surface area (Å²) in [5.74, 6) is 1.23. The second-order valence-corrected chi connectivity index (χ2v) is 6.63. The van der Waals surface area contributed by atoms with Gasteiger partial charge in [-0.05, 0) is 48.9 Å². The van der Waals surface area contributed by atoms with Crippen LogP contribution in [-0.2, 0) is 0 Å². The van der Waals surface area contributed by atoms with E-state index >= 15 is 0 Å². The molecule has 1 amide bonds. The molecule has 3 aromatic rings. The summed E-state index contributed by atoms with van der Waals surface area (Å²) in [5.41, 5.74) is 6.76. The van der Waals surface area contributed by atoms with E-state index in [9.17, 15) is 4.79 Å². The first-order valence-electron chi connectivity index (χ1n) is 9.29. The van der Waals surface area contributed by atoms with Crippen molar-refractivity contribution in [2.75, 3.05) is 25.5 Å². The summed E-state index contributed by atoms with van der Waals surface area (Å²) in [6.45, 7) is 3.50. The molecule has 0 saturated carbocycles. The molecule has 4 rings (SSSR count). The van der Waals surface area contributed by atoms with Crippen LogP contribution in [0.1, 0.15) is 23.0 Å². The molecule has 2 heterocycles. The van der Waals surface area contributed by atoms with Crippen LogP contribution in [0.15, 0.2) is 58.6 Å². The molecule has 0 atom stereocenters. The van der Waals surface area contributed by atoms with Crippen LogP contribution in [0.5, 0.6) is 5.75 Å². The molecule has 0 fully saturated rings. The van der Waals surface area contributed by atoms with Gasteiger partial charge in [0.25, 0.3) is 5.91 Å². The van der Waals surface area contributed by atoms with Gasteiger partial charge < -0.3 is 20.4 Å². The van der Waals surface area contributed by atoms with E-state index in [-0.39, 0.29) is 5.91 Å². The van der Waals surface area contributed by atoms with Gasteiger partial charge in [0.05, 0.1) is 19.4 Å². The van der Waals surface area contributed by atoms with Crippen LogP contribution in [0.25, 0.3) is 10.9 Å². The minimum Gasteiger partial charge on any atom is -0.497 e. The first-order valence-corrected chi connectivity index (χ1v) is 9.29.